The molecule has 0 saturated heterocycles. The number of aromatic nitrogens is 3. The minimum atomic E-state index is 0.127. The van der Waals surface area contributed by atoms with E-state index in [1.54, 1.807) is 17.5 Å². The third-order valence-corrected chi connectivity index (χ3v) is 3.17. The van der Waals surface area contributed by atoms with Gasteiger partial charge in [0.05, 0.1) is 22.4 Å². The van der Waals surface area contributed by atoms with Crippen molar-refractivity contribution in [3.05, 3.63) is 34.0 Å². The van der Waals surface area contributed by atoms with Gasteiger partial charge in [0.25, 0.3) is 0 Å². The summed E-state index contributed by atoms with van der Waals surface area (Å²) in [5, 5.41) is 10.6. The maximum atomic E-state index is 4.49. The highest BCUT2D eigenvalue weighted by molar-refractivity contribution is 7.09. The van der Waals surface area contributed by atoms with E-state index in [9.17, 15) is 0 Å². The van der Waals surface area contributed by atoms with E-state index in [4.69, 9.17) is 0 Å². The van der Waals surface area contributed by atoms with E-state index in [1.165, 1.54) is 0 Å². The van der Waals surface area contributed by atoms with E-state index >= 15 is 0 Å². The van der Waals surface area contributed by atoms with Gasteiger partial charge in [-0.05, 0) is 20.0 Å². The summed E-state index contributed by atoms with van der Waals surface area (Å²) in [6.07, 6.45) is 1.80. The lowest BCUT2D eigenvalue weighted by atomic mass is 10.1. The molecule has 0 aliphatic carbocycles. The van der Waals surface area contributed by atoms with E-state index in [2.05, 4.69) is 20.8 Å². The molecule has 0 amide bonds. The third-order valence-electron chi connectivity index (χ3n) is 2.38. The van der Waals surface area contributed by atoms with Crippen LogP contribution in [0.5, 0.6) is 0 Å². The molecule has 0 spiro atoms. The molecule has 1 N–H and O–H groups in total. The first-order valence-electron chi connectivity index (χ1n) is 4.79. The number of nitrogens with one attached hydrogen (secondary N) is 1. The van der Waals surface area contributed by atoms with Crippen LogP contribution >= 0.6 is 11.3 Å². The normalized spacial score (nSPS) is 13.0. The van der Waals surface area contributed by atoms with Crippen LogP contribution in [0.2, 0.25) is 0 Å². The Labute approximate surface area is 93.0 Å². The van der Waals surface area contributed by atoms with Crippen molar-refractivity contribution in [2.75, 3.05) is 7.05 Å². The van der Waals surface area contributed by atoms with Crippen LogP contribution in [0.1, 0.15) is 22.4 Å². The Hall–Kier alpha value is -1.20. The molecule has 4 nitrogen and oxygen atoms in total. The zero-order valence-corrected chi connectivity index (χ0v) is 9.88. The monoisotopic (exact) mass is 222 g/mol. The summed E-state index contributed by atoms with van der Waals surface area (Å²) in [6, 6.07) is 2.14. The van der Waals surface area contributed by atoms with Crippen molar-refractivity contribution in [3.63, 3.8) is 0 Å². The first-order valence-corrected chi connectivity index (χ1v) is 5.67. The van der Waals surface area contributed by atoms with Gasteiger partial charge < -0.3 is 5.32 Å². The van der Waals surface area contributed by atoms with Gasteiger partial charge in [-0.2, -0.15) is 5.10 Å². The van der Waals surface area contributed by atoms with E-state index in [0.717, 1.165) is 16.4 Å². The van der Waals surface area contributed by atoms with Crippen molar-refractivity contribution >= 4 is 11.3 Å². The van der Waals surface area contributed by atoms with Gasteiger partial charge in [-0.3, -0.25) is 4.68 Å². The van der Waals surface area contributed by atoms with Gasteiger partial charge in [0, 0.05) is 18.6 Å². The topological polar surface area (TPSA) is 42.7 Å². The molecule has 0 aromatic carbocycles. The highest BCUT2D eigenvalue weighted by Crippen LogP contribution is 2.22. The van der Waals surface area contributed by atoms with Crippen LogP contribution in [-0.4, -0.2) is 21.8 Å². The molecule has 1 unspecified atom stereocenters. The van der Waals surface area contributed by atoms with Crippen LogP contribution in [0.4, 0.5) is 0 Å². The van der Waals surface area contributed by atoms with Crippen molar-refractivity contribution < 1.29 is 0 Å². The van der Waals surface area contributed by atoms with Crippen molar-refractivity contribution in [3.8, 4) is 0 Å². The Morgan fingerprint density at radius 3 is 2.80 bits per heavy atom. The van der Waals surface area contributed by atoms with Gasteiger partial charge in [0.15, 0.2) is 0 Å². The van der Waals surface area contributed by atoms with Gasteiger partial charge >= 0.3 is 0 Å². The summed E-state index contributed by atoms with van der Waals surface area (Å²) < 4.78 is 1.87. The van der Waals surface area contributed by atoms with Gasteiger partial charge in [0.2, 0.25) is 0 Å². The molecule has 0 fully saturated rings. The van der Waals surface area contributed by atoms with Crippen LogP contribution < -0.4 is 5.32 Å². The van der Waals surface area contributed by atoms with Gasteiger partial charge in [-0.1, -0.05) is 0 Å². The molecule has 2 heterocycles. The van der Waals surface area contributed by atoms with Gasteiger partial charge in [0.1, 0.15) is 0 Å². The molecular formula is C10H14N4S. The lowest BCUT2D eigenvalue weighted by Gasteiger charge is -2.13. The van der Waals surface area contributed by atoms with Crippen LogP contribution in [0.3, 0.4) is 0 Å². The Morgan fingerprint density at radius 1 is 1.53 bits per heavy atom. The highest BCUT2D eigenvalue weighted by Gasteiger charge is 2.17. The molecule has 5 heteroatoms. The number of hydrogen-bond acceptors (Lipinski definition) is 4. The van der Waals surface area contributed by atoms with Crippen molar-refractivity contribution in [2.24, 2.45) is 7.05 Å². The maximum absolute atomic E-state index is 4.49. The van der Waals surface area contributed by atoms with Crippen LogP contribution in [0.25, 0.3) is 0 Å². The predicted octanol–water partition coefficient (Wildman–Crippen LogP) is 1.49. The summed E-state index contributed by atoms with van der Waals surface area (Å²) >= 11 is 1.67. The van der Waals surface area contributed by atoms with Crippen molar-refractivity contribution in [1.82, 2.24) is 20.1 Å². The van der Waals surface area contributed by atoms with Crippen LogP contribution in [-0.2, 0) is 7.05 Å². The Balaban J connectivity index is 2.36. The molecule has 2 aromatic rings. The number of thiazole rings is 1. The third kappa shape index (κ3) is 1.93. The largest absolute Gasteiger partial charge is 0.307 e. The van der Waals surface area contributed by atoms with Gasteiger partial charge in [-0.25, -0.2) is 4.98 Å². The first-order chi connectivity index (χ1) is 7.22. The second-order valence-electron chi connectivity index (χ2n) is 3.39. The van der Waals surface area contributed by atoms with Gasteiger partial charge in [-0.15, -0.1) is 11.3 Å². The minimum absolute atomic E-state index is 0.127. The maximum Gasteiger partial charge on any atom is 0.0928 e. The summed E-state index contributed by atoms with van der Waals surface area (Å²) in [6.45, 7) is 2.02. The highest BCUT2D eigenvalue weighted by atomic mass is 32.1. The molecule has 0 bridgehead atoms. The quantitative estimate of drug-likeness (QED) is 0.855. The predicted molar refractivity (Wildman–Crippen MR) is 61.0 cm³/mol. The molecule has 0 radical (unpaired) electrons. The second-order valence-corrected chi connectivity index (χ2v) is 4.45. The lowest BCUT2D eigenvalue weighted by molar-refractivity contribution is 0.596. The van der Waals surface area contributed by atoms with Crippen LogP contribution in [0.15, 0.2) is 17.6 Å². The smallest absolute Gasteiger partial charge is 0.0928 e. The molecule has 2 rings (SSSR count). The standard InChI is InChI=1S/C10H14N4S/c1-7-13-8(6-15-7)10(11-2)9-4-5-12-14(9)3/h4-6,10-11H,1-3H3. The Bertz CT molecular complexity index is 446. The molecule has 0 aliphatic rings. The van der Waals surface area contributed by atoms with Crippen LogP contribution in [0, 0.1) is 6.92 Å². The first kappa shape index (κ1) is 10.3. The van der Waals surface area contributed by atoms with Crippen molar-refractivity contribution in [1.29, 1.82) is 0 Å². The second kappa shape index (κ2) is 4.12. The number of rotatable bonds is 3. The fraction of sp³-hybridized carbons (Fsp3) is 0.400. The minimum Gasteiger partial charge on any atom is -0.307 e. The Kier molecular flexibility index (Phi) is 2.83. The molecule has 1 atom stereocenters. The SMILES string of the molecule is CNC(c1csc(C)n1)c1ccnn1C. The van der Waals surface area contributed by atoms with E-state index in [1.807, 2.05) is 31.8 Å². The van der Waals surface area contributed by atoms with E-state index in [0.29, 0.717) is 0 Å². The fourth-order valence-electron chi connectivity index (χ4n) is 1.63. The number of hydrogen-bond donors (Lipinski definition) is 1. The average molecular weight is 222 g/mol. The molecular weight excluding hydrogens is 208 g/mol. The zero-order chi connectivity index (χ0) is 10.8. The lowest BCUT2D eigenvalue weighted by Crippen LogP contribution is -2.20. The summed E-state index contributed by atoms with van der Waals surface area (Å²) in [4.78, 5) is 4.49. The molecule has 2 aromatic heterocycles. The summed E-state index contributed by atoms with van der Waals surface area (Å²) in [5.74, 6) is 0. The van der Waals surface area contributed by atoms with E-state index in [-0.39, 0.29) is 6.04 Å². The molecule has 80 valence electrons. The summed E-state index contributed by atoms with van der Waals surface area (Å²) in [7, 11) is 3.88. The Morgan fingerprint density at radius 2 is 2.33 bits per heavy atom. The summed E-state index contributed by atoms with van der Waals surface area (Å²) in [5.41, 5.74) is 2.19. The molecule has 0 aliphatic heterocycles. The number of nitrogens with zero attached hydrogens (tertiary/aromatic N) is 3. The number of aryl methyl sites for hydroxylation is 2. The fourth-order valence-corrected chi connectivity index (χ4v) is 2.27. The van der Waals surface area contributed by atoms with Crippen molar-refractivity contribution in [2.45, 2.75) is 13.0 Å². The van der Waals surface area contributed by atoms with E-state index < -0.39 is 0 Å². The average Bonchev–Trinajstić information content (AvgIpc) is 2.79. The molecule has 15 heavy (non-hydrogen) atoms. The molecule has 0 saturated carbocycles. The zero-order valence-electron chi connectivity index (χ0n) is 9.06.